The fourth-order valence-corrected chi connectivity index (χ4v) is 3.17. The summed E-state index contributed by atoms with van der Waals surface area (Å²) in [6, 6.07) is 16.6. The summed E-state index contributed by atoms with van der Waals surface area (Å²) < 4.78 is 1.74. The van der Waals surface area contributed by atoms with E-state index in [9.17, 15) is 0 Å². The van der Waals surface area contributed by atoms with Gasteiger partial charge in [0.05, 0.1) is 5.69 Å². The molecule has 4 aromatic rings. The predicted octanol–water partition coefficient (Wildman–Crippen LogP) is 3.27. The molecular weight excluding hydrogens is 477 g/mol. The van der Waals surface area contributed by atoms with Crippen LogP contribution in [-0.4, -0.2) is 39.3 Å². The molecule has 0 saturated heterocycles. The van der Waals surface area contributed by atoms with Gasteiger partial charge in [-0.25, -0.2) is 9.67 Å². The van der Waals surface area contributed by atoms with Crippen molar-refractivity contribution in [3.8, 4) is 5.69 Å². The molecule has 0 unspecified atom stereocenters. The van der Waals surface area contributed by atoms with Gasteiger partial charge in [0.15, 0.2) is 5.96 Å². The average molecular weight is 501 g/mol. The molecule has 29 heavy (non-hydrogen) atoms. The smallest absolute Gasteiger partial charge is 0.191 e. The number of nitrogens with zero attached hydrogens (tertiary/aromatic N) is 4. The third-order valence-electron chi connectivity index (χ3n) is 4.66. The molecule has 0 spiro atoms. The minimum atomic E-state index is 0. The zero-order valence-corrected chi connectivity index (χ0v) is 18.5. The van der Waals surface area contributed by atoms with Crippen molar-refractivity contribution >= 4 is 40.8 Å². The van der Waals surface area contributed by atoms with Crippen LogP contribution in [0.15, 0.2) is 72.4 Å². The molecule has 0 amide bonds. The number of para-hydroxylation sites is 1. The van der Waals surface area contributed by atoms with Crippen LogP contribution in [0.2, 0.25) is 0 Å². The summed E-state index contributed by atoms with van der Waals surface area (Å²) in [7, 11) is 1.79. The number of fused-ring (bicyclic) bond motifs is 1. The number of halogens is 1. The lowest BCUT2D eigenvalue weighted by molar-refractivity contribution is 0.795. The van der Waals surface area contributed by atoms with E-state index in [1.165, 1.54) is 28.4 Å². The highest BCUT2D eigenvalue weighted by molar-refractivity contribution is 14.0. The van der Waals surface area contributed by atoms with Crippen LogP contribution in [0.3, 0.4) is 0 Å². The number of hydrogen-bond acceptors (Lipinski definition) is 3. The molecule has 0 aliphatic carbocycles. The van der Waals surface area contributed by atoms with Crippen LogP contribution in [0, 0.1) is 0 Å². The van der Waals surface area contributed by atoms with E-state index in [0.29, 0.717) is 6.54 Å². The number of aliphatic imine (C=N–C) groups is 1. The first-order valence-corrected chi connectivity index (χ1v) is 9.27. The van der Waals surface area contributed by atoms with Crippen molar-refractivity contribution in [1.82, 2.24) is 30.4 Å². The molecule has 0 aliphatic rings. The number of aromatic amines is 1. The lowest BCUT2D eigenvalue weighted by Crippen LogP contribution is -2.37. The van der Waals surface area contributed by atoms with Crippen molar-refractivity contribution in [3.05, 3.63) is 78.5 Å². The van der Waals surface area contributed by atoms with Crippen LogP contribution in [0.25, 0.3) is 16.6 Å². The van der Waals surface area contributed by atoms with Gasteiger partial charge in [0.25, 0.3) is 0 Å². The molecule has 0 atom stereocenters. The molecule has 4 rings (SSSR count). The van der Waals surface area contributed by atoms with Crippen LogP contribution in [0.5, 0.6) is 0 Å². The topological polar surface area (TPSA) is 82.9 Å². The maximum atomic E-state index is 4.31. The van der Waals surface area contributed by atoms with Gasteiger partial charge in [-0.05, 0) is 35.7 Å². The van der Waals surface area contributed by atoms with Crippen LogP contribution in [0.1, 0.15) is 11.1 Å². The quantitative estimate of drug-likeness (QED) is 0.215. The van der Waals surface area contributed by atoms with Gasteiger partial charge in [-0.1, -0.05) is 30.3 Å². The highest BCUT2D eigenvalue weighted by Gasteiger charge is 2.04. The summed E-state index contributed by atoms with van der Waals surface area (Å²) in [5, 5.41) is 12.1. The Labute approximate surface area is 186 Å². The summed E-state index contributed by atoms with van der Waals surface area (Å²) in [4.78, 5) is 11.6. The molecule has 0 saturated carbocycles. The Kier molecular flexibility index (Phi) is 7.23. The number of nitrogens with one attached hydrogen (secondary N) is 3. The molecule has 2 aromatic heterocycles. The first-order chi connectivity index (χ1) is 13.8. The number of aromatic nitrogens is 4. The molecule has 3 N–H and O–H groups in total. The second-order valence-corrected chi connectivity index (χ2v) is 6.47. The fraction of sp³-hybridized carbons (Fsp3) is 0.190. The third kappa shape index (κ3) is 5.14. The third-order valence-corrected chi connectivity index (χ3v) is 4.66. The van der Waals surface area contributed by atoms with Crippen molar-refractivity contribution in [2.75, 3.05) is 13.6 Å². The molecule has 2 aromatic carbocycles. The molecule has 150 valence electrons. The van der Waals surface area contributed by atoms with Gasteiger partial charge in [-0.15, -0.1) is 24.0 Å². The minimum Gasteiger partial charge on any atom is -0.361 e. The predicted molar refractivity (Wildman–Crippen MR) is 127 cm³/mol. The lowest BCUT2D eigenvalue weighted by Gasteiger charge is -2.12. The Bertz CT molecular complexity index is 1050. The number of guanidine groups is 1. The van der Waals surface area contributed by atoms with Crippen LogP contribution in [0.4, 0.5) is 0 Å². The van der Waals surface area contributed by atoms with E-state index in [4.69, 9.17) is 0 Å². The molecular formula is C21H24IN7. The van der Waals surface area contributed by atoms with E-state index >= 15 is 0 Å². The highest BCUT2D eigenvalue weighted by Crippen LogP contribution is 2.17. The first kappa shape index (κ1) is 20.8. The Balaban J connectivity index is 0.00000240. The standard InChI is InChI=1S/C21H23N7.HI/c1-22-21(24-11-10-17-13-25-20-5-3-2-4-19(17)20)26-12-16-6-8-18(9-7-16)28-15-23-14-27-28;/h2-9,13-15,25H,10-12H2,1H3,(H2,22,24,26);1H. The zero-order chi connectivity index (χ0) is 19.2. The van der Waals surface area contributed by atoms with E-state index in [-0.39, 0.29) is 24.0 Å². The van der Waals surface area contributed by atoms with Crippen LogP contribution in [-0.2, 0) is 13.0 Å². The molecule has 0 fully saturated rings. The zero-order valence-electron chi connectivity index (χ0n) is 16.2. The fourth-order valence-electron chi connectivity index (χ4n) is 3.17. The Morgan fingerprint density at radius 1 is 1.10 bits per heavy atom. The van der Waals surface area contributed by atoms with E-state index in [1.54, 1.807) is 18.1 Å². The SMILES string of the molecule is CN=C(NCCc1c[nH]c2ccccc12)NCc1ccc(-n2cncn2)cc1.I. The van der Waals surface area contributed by atoms with Gasteiger partial charge < -0.3 is 15.6 Å². The minimum absolute atomic E-state index is 0. The average Bonchev–Trinajstić information content (AvgIpc) is 3.41. The number of H-pyrrole nitrogens is 1. The van der Waals surface area contributed by atoms with Gasteiger partial charge in [0.2, 0.25) is 0 Å². The van der Waals surface area contributed by atoms with Gasteiger partial charge in [0.1, 0.15) is 12.7 Å². The number of rotatable bonds is 6. The van der Waals surface area contributed by atoms with E-state index in [0.717, 1.165) is 24.6 Å². The van der Waals surface area contributed by atoms with Gasteiger partial charge >= 0.3 is 0 Å². The van der Waals surface area contributed by atoms with Crippen molar-refractivity contribution < 1.29 is 0 Å². The first-order valence-electron chi connectivity index (χ1n) is 9.27. The van der Waals surface area contributed by atoms with Crippen LogP contribution >= 0.6 is 24.0 Å². The summed E-state index contributed by atoms with van der Waals surface area (Å²) in [5.41, 5.74) is 4.64. The van der Waals surface area contributed by atoms with E-state index in [1.807, 2.05) is 18.2 Å². The summed E-state index contributed by atoms with van der Waals surface area (Å²) in [6.45, 7) is 1.51. The molecule has 8 heteroatoms. The lowest BCUT2D eigenvalue weighted by atomic mass is 10.1. The van der Waals surface area contributed by atoms with Gasteiger partial charge in [0, 0.05) is 37.2 Å². The largest absolute Gasteiger partial charge is 0.361 e. The van der Waals surface area contributed by atoms with E-state index < -0.39 is 0 Å². The highest BCUT2D eigenvalue weighted by atomic mass is 127. The van der Waals surface area contributed by atoms with Crippen LogP contribution < -0.4 is 10.6 Å². The summed E-state index contributed by atoms with van der Waals surface area (Å²) in [6.07, 6.45) is 6.23. The van der Waals surface area contributed by atoms with Crippen molar-refractivity contribution in [2.24, 2.45) is 4.99 Å². The Hall–Kier alpha value is -2.88. The molecule has 2 heterocycles. The molecule has 0 bridgehead atoms. The second kappa shape index (κ2) is 10.1. The molecule has 0 radical (unpaired) electrons. The molecule has 7 nitrogen and oxygen atoms in total. The Morgan fingerprint density at radius 3 is 2.69 bits per heavy atom. The maximum Gasteiger partial charge on any atom is 0.191 e. The summed E-state index contributed by atoms with van der Waals surface area (Å²) >= 11 is 0. The molecule has 0 aliphatic heterocycles. The normalized spacial score (nSPS) is 11.3. The number of hydrogen-bond donors (Lipinski definition) is 3. The van der Waals surface area contributed by atoms with Crippen molar-refractivity contribution in [2.45, 2.75) is 13.0 Å². The van der Waals surface area contributed by atoms with Gasteiger partial charge in [-0.3, -0.25) is 4.99 Å². The van der Waals surface area contributed by atoms with Crippen molar-refractivity contribution in [3.63, 3.8) is 0 Å². The number of benzene rings is 2. The maximum absolute atomic E-state index is 4.31. The Morgan fingerprint density at radius 2 is 1.93 bits per heavy atom. The second-order valence-electron chi connectivity index (χ2n) is 6.47. The van der Waals surface area contributed by atoms with Gasteiger partial charge in [-0.2, -0.15) is 5.10 Å². The summed E-state index contributed by atoms with van der Waals surface area (Å²) in [5.74, 6) is 0.792. The monoisotopic (exact) mass is 501 g/mol. The van der Waals surface area contributed by atoms with Crippen molar-refractivity contribution in [1.29, 1.82) is 0 Å². The van der Waals surface area contributed by atoms with E-state index in [2.05, 4.69) is 67.2 Å².